The Balaban J connectivity index is 2.56. The van der Waals surface area contributed by atoms with Crippen LogP contribution in [0, 0.1) is 11.8 Å². The average molecular weight is 372 g/mol. The highest BCUT2D eigenvalue weighted by atomic mass is 127. The smallest absolute Gasteiger partial charge is 0.391 e. The predicted molar refractivity (Wildman–Crippen MR) is 54.5 cm³/mol. The zero-order valence-corrected chi connectivity index (χ0v) is 10.3. The fraction of sp³-hybridized carbons (Fsp3) is 0.778. The normalized spacial score (nSPS) is 38.1. The van der Waals surface area contributed by atoms with Gasteiger partial charge in [0.2, 0.25) is 0 Å². The maximum Gasteiger partial charge on any atom is 0.413 e. The average Bonchev–Trinajstić information content (AvgIpc) is 2.62. The molecule has 0 aromatic carbocycles. The molecule has 0 aliphatic heterocycles. The number of allylic oxidation sites excluding steroid dienone is 1. The number of fused-ring (bicyclic) bond motifs is 2. The van der Waals surface area contributed by atoms with Gasteiger partial charge in [0.25, 0.3) is 0 Å². The van der Waals surface area contributed by atoms with Gasteiger partial charge >= 0.3 is 12.4 Å². The molecule has 4 atom stereocenters. The van der Waals surface area contributed by atoms with Crippen molar-refractivity contribution >= 4 is 22.6 Å². The number of alkyl halides is 7. The summed E-state index contributed by atoms with van der Waals surface area (Å²) in [5, 5.41) is 9.50. The van der Waals surface area contributed by atoms with E-state index in [1.165, 1.54) is 0 Å². The number of halogens is 7. The van der Waals surface area contributed by atoms with Gasteiger partial charge < -0.3 is 5.11 Å². The summed E-state index contributed by atoms with van der Waals surface area (Å²) in [4.78, 5) is 0. The highest BCUT2D eigenvalue weighted by Gasteiger charge is 2.63. The van der Waals surface area contributed by atoms with Gasteiger partial charge in [0.05, 0.1) is 6.10 Å². The molecule has 1 N–H and O–H groups in total. The fourth-order valence-electron chi connectivity index (χ4n) is 2.69. The third kappa shape index (κ3) is 1.96. The number of rotatable bonds is 0. The summed E-state index contributed by atoms with van der Waals surface area (Å²) in [6.07, 6.45) is -11.6. The van der Waals surface area contributed by atoms with Crippen molar-refractivity contribution < 1.29 is 31.4 Å². The van der Waals surface area contributed by atoms with Crippen molar-refractivity contribution in [1.29, 1.82) is 0 Å². The second-order valence-electron chi connectivity index (χ2n) is 4.21. The zero-order chi connectivity index (χ0) is 13.2. The standard InChI is InChI=1S/C9H7F6IO/c10-8(11,12)4-2-1-3(7(17)6(2)16)5(4)9(13,14)15/h2-3,6-7,17H,1H2. The van der Waals surface area contributed by atoms with Crippen molar-refractivity contribution in [3.05, 3.63) is 11.1 Å². The summed E-state index contributed by atoms with van der Waals surface area (Å²) in [6, 6.07) is 0. The van der Waals surface area contributed by atoms with Crippen molar-refractivity contribution in [1.82, 2.24) is 0 Å². The lowest BCUT2D eigenvalue weighted by Gasteiger charge is -2.29. The first-order chi connectivity index (χ1) is 7.55. The van der Waals surface area contributed by atoms with Crippen LogP contribution in [-0.2, 0) is 0 Å². The van der Waals surface area contributed by atoms with E-state index in [0.29, 0.717) is 0 Å². The van der Waals surface area contributed by atoms with Gasteiger partial charge in [-0.3, -0.25) is 0 Å². The lowest BCUT2D eigenvalue weighted by molar-refractivity contribution is -0.125. The summed E-state index contributed by atoms with van der Waals surface area (Å²) in [5.41, 5.74) is -3.06. The summed E-state index contributed by atoms with van der Waals surface area (Å²) in [6.45, 7) is 0. The van der Waals surface area contributed by atoms with E-state index in [0.717, 1.165) is 0 Å². The third-order valence-electron chi connectivity index (χ3n) is 3.27. The molecule has 0 saturated heterocycles. The van der Waals surface area contributed by atoms with Crippen molar-refractivity contribution in [2.75, 3.05) is 0 Å². The Labute approximate surface area is 106 Å². The van der Waals surface area contributed by atoms with Crippen LogP contribution >= 0.6 is 22.6 Å². The molecule has 1 saturated carbocycles. The molecule has 0 radical (unpaired) electrons. The van der Waals surface area contributed by atoms with Gasteiger partial charge in [-0.05, 0) is 6.42 Å². The van der Waals surface area contributed by atoms with E-state index in [4.69, 9.17) is 0 Å². The molecule has 0 aromatic rings. The van der Waals surface area contributed by atoms with Gasteiger partial charge in [-0.1, -0.05) is 22.6 Å². The van der Waals surface area contributed by atoms with Gasteiger partial charge in [-0.2, -0.15) is 26.3 Å². The molecule has 0 amide bonds. The van der Waals surface area contributed by atoms with Crippen LogP contribution in [0.15, 0.2) is 11.1 Å². The molecule has 0 heterocycles. The molecule has 2 bridgehead atoms. The molecule has 8 heteroatoms. The lowest BCUT2D eigenvalue weighted by Crippen LogP contribution is -2.38. The minimum absolute atomic E-state index is 0.265. The molecule has 2 rings (SSSR count). The van der Waals surface area contributed by atoms with Gasteiger partial charge in [0, 0.05) is 26.9 Å². The van der Waals surface area contributed by atoms with E-state index in [1.807, 2.05) is 0 Å². The molecule has 98 valence electrons. The van der Waals surface area contributed by atoms with Crippen LogP contribution in [0.3, 0.4) is 0 Å². The lowest BCUT2D eigenvalue weighted by atomic mass is 9.89. The Hall–Kier alpha value is 0.01000. The SMILES string of the molecule is OC1C2CC(C(C(F)(F)F)=C2C(F)(F)F)C1I. The number of hydrogen-bond acceptors (Lipinski definition) is 1. The minimum atomic E-state index is -5.03. The van der Waals surface area contributed by atoms with Crippen molar-refractivity contribution in [2.24, 2.45) is 11.8 Å². The molecule has 1 nitrogen and oxygen atoms in total. The molecule has 1 fully saturated rings. The van der Waals surface area contributed by atoms with Crippen molar-refractivity contribution in [3.63, 3.8) is 0 Å². The highest BCUT2D eigenvalue weighted by Crippen LogP contribution is 2.59. The maximum atomic E-state index is 12.7. The maximum absolute atomic E-state index is 12.7. The van der Waals surface area contributed by atoms with Gasteiger partial charge in [-0.25, -0.2) is 0 Å². The minimum Gasteiger partial charge on any atom is -0.391 e. The Kier molecular flexibility index (Phi) is 2.97. The molecule has 2 aliphatic carbocycles. The zero-order valence-electron chi connectivity index (χ0n) is 8.11. The van der Waals surface area contributed by atoms with Crippen LogP contribution in [0.1, 0.15) is 6.42 Å². The first-order valence-electron chi connectivity index (χ1n) is 4.75. The van der Waals surface area contributed by atoms with E-state index in [2.05, 4.69) is 0 Å². The highest BCUT2D eigenvalue weighted by molar-refractivity contribution is 14.1. The quantitative estimate of drug-likeness (QED) is 0.300. The third-order valence-corrected chi connectivity index (χ3v) is 4.88. The molecule has 0 aromatic heterocycles. The largest absolute Gasteiger partial charge is 0.413 e. The molecule has 2 aliphatic rings. The van der Waals surface area contributed by atoms with Crippen molar-refractivity contribution in [2.45, 2.75) is 28.8 Å². The number of aliphatic hydroxyl groups is 1. The Morgan fingerprint density at radius 3 is 1.76 bits per heavy atom. The van der Waals surface area contributed by atoms with E-state index < -0.39 is 45.4 Å². The van der Waals surface area contributed by atoms with Crippen LogP contribution in [-0.4, -0.2) is 27.5 Å². The van der Waals surface area contributed by atoms with Crippen LogP contribution in [0.2, 0.25) is 0 Å². The van der Waals surface area contributed by atoms with Crippen LogP contribution in [0.25, 0.3) is 0 Å². The van der Waals surface area contributed by atoms with E-state index in [1.54, 1.807) is 22.6 Å². The Morgan fingerprint density at radius 2 is 1.35 bits per heavy atom. The molecular weight excluding hydrogens is 365 g/mol. The summed E-state index contributed by atoms with van der Waals surface area (Å²) in [5.74, 6) is -2.68. The van der Waals surface area contributed by atoms with Gasteiger partial charge in [0.1, 0.15) is 0 Å². The summed E-state index contributed by atoms with van der Waals surface area (Å²) in [7, 11) is 0. The fourth-order valence-corrected chi connectivity index (χ4v) is 3.85. The Bertz CT molecular complexity index is 337. The molecule has 17 heavy (non-hydrogen) atoms. The monoisotopic (exact) mass is 372 g/mol. The topological polar surface area (TPSA) is 20.2 Å². The Morgan fingerprint density at radius 1 is 0.941 bits per heavy atom. The molecule has 0 spiro atoms. The molecule has 4 unspecified atom stereocenters. The van der Waals surface area contributed by atoms with Gasteiger partial charge in [-0.15, -0.1) is 0 Å². The van der Waals surface area contributed by atoms with E-state index in [9.17, 15) is 31.4 Å². The number of hydrogen-bond donors (Lipinski definition) is 1. The summed E-state index contributed by atoms with van der Waals surface area (Å²) >= 11 is 1.59. The predicted octanol–water partition coefficient (Wildman–Crippen LogP) is 3.22. The second kappa shape index (κ2) is 3.75. The van der Waals surface area contributed by atoms with E-state index in [-0.39, 0.29) is 6.42 Å². The van der Waals surface area contributed by atoms with E-state index >= 15 is 0 Å². The first kappa shape index (κ1) is 13.4. The number of aliphatic hydroxyl groups excluding tert-OH is 1. The summed E-state index contributed by atoms with van der Waals surface area (Å²) < 4.78 is 75.0. The van der Waals surface area contributed by atoms with Gasteiger partial charge in [0.15, 0.2) is 0 Å². The van der Waals surface area contributed by atoms with Crippen LogP contribution in [0.5, 0.6) is 0 Å². The first-order valence-corrected chi connectivity index (χ1v) is 6.00. The van der Waals surface area contributed by atoms with Crippen molar-refractivity contribution in [3.8, 4) is 0 Å². The van der Waals surface area contributed by atoms with Crippen LogP contribution in [0.4, 0.5) is 26.3 Å². The van der Waals surface area contributed by atoms with Crippen LogP contribution < -0.4 is 0 Å². The molecular formula is C9H7F6IO. The second-order valence-corrected chi connectivity index (χ2v) is 5.64.